The molecular formula is C15H24N2. The molecule has 2 unspecified atom stereocenters. The van der Waals surface area contributed by atoms with Gasteiger partial charge >= 0.3 is 0 Å². The third-order valence-corrected chi connectivity index (χ3v) is 3.75. The summed E-state index contributed by atoms with van der Waals surface area (Å²) in [5, 5.41) is 3.57. The molecule has 0 amide bonds. The van der Waals surface area contributed by atoms with Gasteiger partial charge in [-0.1, -0.05) is 24.6 Å². The normalized spacial score (nSPS) is 25.1. The molecule has 1 heterocycles. The van der Waals surface area contributed by atoms with Crippen LogP contribution < -0.4 is 10.2 Å². The highest BCUT2D eigenvalue weighted by atomic mass is 15.2. The maximum Gasteiger partial charge on any atom is 0.0412 e. The molecule has 1 aromatic carbocycles. The van der Waals surface area contributed by atoms with Crippen molar-refractivity contribution >= 4 is 5.69 Å². The Hall–Kier alpha value is -1.02. The van der Waals surface area contributed by atoms with Crippen LogP contribution in [0.15, 0.2) is 18.2 Å². The van der Waals surface area contributed by atoms with E-state index in [-0.39, 0.29) is 0 Å². The largest absolute Gasteiger partial charge is 0.366 e. The van der Waals surface area contributed by atoms with Gasteiger partial charge in [0.1, 0.15) is 0 Å². The second-order valence-corrected chi connectivity index (χ2v) is 5.31. The van der Waals surface area contributed by atoms with E-state index in [1.807, 2.05) is 0 Å². The Morgan fingerprint density at radius 1 is 1.35 bits per heavy atom. The molecule has 2 heteroatoms. The van der Waals surface area contributed by atoms with Gasteiger partial charge in [0.05, 0.1) is 0 Å². The lowest BCUT2D eigenvalue weighted by molar-refractivity contribution is 0.402. The monoisotopic (exact) mass is 232 g/mol. The number of aryl methyl sites for hydroxylation is 2. The zero-order valence-corrected chi connectivity index (χ0v) is 11.5. The number of piperazine rings is 1. The second-order valence-electron chi connectivity index (χ2n) is 5.31. The molecule has 1 fully saturated rings. The van der Waals surface area contributed by atoms with Gasteiger partial charge in [0.2, 0.25) is 0 Å². The summed E-state index contributed by atoms with van der Waals surface area (Å²) in [6, 6.07) is 8.01. The number of hydrogen-bond donors (Lipinski definition) is 1. The first-order valence-electron chi connectivity index (χ1n) is 6.69. The van der Waals surface area contributed by atoms with E-state index in [4.69, 9.17) is 0 Å². The van der Waals surface area contributed by atoms with Gasteiger partial charge < -0.3 is 10.2 Å². The molecule has 0 spiro atoms. The standard InChI is InChI=1S/C15H24N2/c1-5-14-9-16-13(4)10-17(14)15-7-6-11(2)8-12(15)3/h6-8,13-14,16H,5,9-10H2,1-4H3. The van der Waals surface area contributed by atoms with Gasteiger partial charge in [-0.3, -0.25) is 0 Å². The van der Waals surface area contributed by atoms with Crippen molar-refractivity contribution in [3.05, 3.63) is 29.3 Å². The molecule has 1 aromatic rings. The van der Waals surface area contributed by atoms with Crippen LogP contribution in [0.3, 0.4) is 0 Å². The van der Waals surface area contributed by atoms with Gasteiger partial charge in [0, 0.05) is 30.9 Å². The predicted molar refractivity (Wildman–Crippen MR) is 74.8 cm³/mol. The summed E-state index contributed by atoms with van der Waals surface area (Å²) in [5.41, 5.74) is 4.16. The fraction of sp³-hybridized carbons (Fsp3) is 0.600. The summed E-state index contributed by atoms with van der Waals surface area (Å²) in [7, 11) is 0. The summed E-state index contributed by atoms with van der Waals surface area (Å²) >= 11 is 0. The molecule has 0 bridgehead atoms. The average molecular weight is 232 g/mol. The SMILES string of the molecule is CCC1CNC(C)CN1c1ccc(C)cc1C. The van der Waals surface area contributed by atoms with Gasteiger partial charge in [0.25, 0.3) is 0 Å². The Bertz CT molecular complexity index is 387. The average Bonchev–Trinajstić information content (AvgIpc) is 2.29. The Kier molecular flexibility index (Phi) is 3.72. The molecule has 2 atom stereocenters. The zero-order chi connectivity index (χ0) is 12.4. The Morgan fingerprint density at radius 3 is 2.76 bits per heavy atom. The lowest BCUT2D eigenvalue weighted by atomic mass is 10.0. The first kappa shape index (κ1) is 12.4. The number of hydrogen-bond acceptors (Lipinski definition) is 2. The number of nitrogens with zero attached hydrogens (tertiary/aromatic N) is 1. The second kappa shape index (κ2) is 5.09. The van der Waals surface area contributed by atoms with Gasteiger partial charge in [-0.2, -0.15) is 0 Å². The molecule has 1 saturated heterocycles. The summed E-state index contributed by atoms with van der Waals surface area (Å²) in [5.74, 6) is 0. The van der Waals surface area contributed by atoms with Gasteiger partial charge in [-0.15, -0.1) is 0 Å². The molecule has 2 rings (SSSR count). The molecule has 2 nitrogen and oxygen atoms in total. The van der Waals surface area contributed by atoms with Crippen molar-refractivity contribution in [1.29, 1.82) is 0 Å². The van der Waals surface area contributed by atoms with E-state index >= 15 is 0 Å². The molecular weight excluding hydrogens is 208 g/mol. The highest BCUT2D eigenvalue weighted by molar-refractivity contribution is 5.55. The quantitative estimate of drug-likeness (QED) is 0.843. The number of rotatable bonds is 2. The minimum absolute atomic E-state index is 0.582. The molecule has 1 aliphatic heterocycles. The smallest absolute Gasteiger partial charge is 0.0412 e. The number of anilines is 1. The van der Waals surface area contributed by atoms with Crippen molar-refractivity contribution in [2.75, 3.05) is 18.0 Å². The van der Waals surface area contributed by atoms with Crippen LogP contribution >= 0.6 is 0 Å². The first-order chi connectivity index (χ1) is 8.11. The summed E-state index contributed by atoms with van der Waals surface area (Å²) in [6.07, 6.45) is 1.20. The molecule has 0 saturated carbocycles. The van der Waals surface area contributed by atoms with Crippen LogP contribution in [0, 0.1) is 13.8 Å². The minimum atomic E-state index is 0.582. The van der Waals surface area contributed by atoms with Gasteiger partial charge in [-0.05, 0) is 38.8 Å². The maximum absolute atomic E-state index is 3.57. The Morgan fingerprint density at radius 2 is 2.12 bits per heavy atom. The number of benzene rings is 1. The van der Waals surface area contributed by atoms with E-state index in [1.54, 1.807) is 0 Å². The van der Waals surface area contributed by atoms with Crippen LogP contribution in [0.5, 0.6) is 0 Å². The summed E-state index contributed by atoms with van der Waals surface area (Å²) in [4.78, 5) is 2.58. The first-order valence-corrected chi connectivity index (χ1v) is 6.69. The highest BCUT2D eigenvalue weighted by Gasteiger charge is 2.25. The molecule has 0 aliphatic carbocycles. The van der Waals surface area contributed by atoms with E-state index in [0.29, 0.717) is 12.1 Å². The molecule has 0 aromatic heterocycles. The Labute approximate surface area is 105 Å². The van der Waals surface area contributed by atoms with E-state index in [0.717, 1.165) is 13.1 Å². The van der Waals surface area contributed by atoms with E-state index in [1.165, 1.54) is 23.2 Å². The summed E-state index contributed by atoms with van der Waals surface area (Å²) in [6.45, 7) is 11.1. The zero-order valence-electron chi connectivity index (χ0n) is 11.5. The van der Waals surface area contributed by atoms with Crippen LogP contribution in [0.4, 0.5) is 5.69 Å². The van der Waals surface area contributed by atoms with E-state index < -0.39 is 0 Å². The molecule has 17 heavy (non-hydrogen) atoms. The van der Waals surface area contributed by atoms with Crippen molar-refractivity contribution in [1.82, 2.24) is 5.32 Å². The van der Waals surface area contributed by atoms with Crippen LogP contribution in [0.1, 0.15) is 31.4 Å². The fourth-order valence-electron chi connectivity index (χ4n) is 2.74. The number of nitrogens with one attached hydrogen (secondary N) is 1. The molecule has 0 radical (unpaired) electrons. The van der Waals surface area contributed by atoms with Crippen molar-refractivity contribution in [2.24, 2.45) is 0 Å². The fourth-order valence-corrected chi connectivity index (χ4v) is 2.74. The molecule has 1 aliphatic rings. The van der Waals surface area contributed by atoms with E-state index in [9.17, 15) is 0 Å². The van der Waals surface area contributed by atoms with Crippen LogP contribution in [0.25, 0.3) is 0 Å². The van der Waals surface area contributed by atoms with Gasteiger partial charge in [0.15, 0.2) is 0 Å². The lowest BCUT2D eigenvalue weighted by Gasteiger charge is -2.41. The third-order valence-electron chi connectivity index (χ3n) is 3.75. The van der Waals surface area contributed by atoms with Crippen molar-refractivity contribution in [3.8, 4) is 0 Å². The Balaban J connectivity index is 2.28. The van der Waals surface area contributed by atoms with Crippen LogP contribution in [-0.4, -0.2) is 25.2 Å². The van der Waals surface area contributed by atoms with Crippen molar-refractivity contribution in [3.63, 3.8) is 0 Å². The maximum atomic E-state index is 3.57. The lowest BCUT2D eigenvalue weighted by Crippen LogP contribution is -2.55. The summed E-state index contributed by atoms with van der Waals surface area (Å²) < 4.78 is 0. The van der Waals surface area contributed by atoms with E-state index in [2.05, 4.69) is 56.1 Å². The molecule has 1 N–H and O–H groups in total. The van der Waals surface area contributed by atoms with Crippen LogP contribution in [-0.2, 0) is 0 Å². The highest BCUT2D eigenvalue weighted by Crippen LogP contribution is 2.25. The third kappa shape index (κ3) is 2.63. The predicted octanol–water partition coefficient (Wildman–Crippen LogP) is 2.88. The van der Waals surface area contributed by atoms with Crippen molar-refractivity contribution < 1.29 is 0 Å². The molecule has 94 valence electrons. The van der Waals surface area contributed by atoms with Crippen molar-refractivity contribution in [2.45, 2.75) is 46.2 Å². The van der Waals surface area contributed by atoms with Crippen LogP contribution in [0.2, 0.25) is 0 Å². The minimum Gasteiger partial charge on any atom is -0.366 e. The topological polar surface area (TPSA) is 15.3 Å². The van der Waals surface area contributed by atoms with Gasteiger partial charge in [-0.25, -0.2) is 0 Å².